The Bertz CT molecular complexity index is 1890. The van der Waals surface area contributed by atoms with Crippen LogP contribution in [0.25, 0.3) is 0 Å². The molecule has 3 N–H and O–H groups in total. The molecule has 3 unspecified atom stereocenters. The van der Waals surface area contributed by atoms with Crippen molar-refractivity contribution in [2.45, 2.75) is 408 Å². The molecule has 0 fully saturated rings. The van der Waals surface area contributed by atoms with Gasteiger partial charge in [-0.3, -0.25) is 37.3 Å². The highest BCUT2D eigenvalue weighted by atomic mass is 31.2. The van der Waals surface area contributed by atoms with Gasteiger partial charge in [-0.1, -0.05) is 338 Å². The number of hydrogen-bond donors (Lipinski definition) is 3. The number of carbonyl (C=O) groups excluding carboxylic acids is 4. The quantitative estimate of drug-likeness (QED) is 0.0222. The van der Waals surface area contributed by atoms with Gasteiger partial charge in [0.05, 0.1) is 26.4 Å². The van der Waals surface area contributed by atoms with Gasteiger partial charge < -0.3 is 33.8 Å². The third kappa shape index (κ3) is 69.2. The summed E-state index contributed by atoms with van der Waals surface area (Å²) in [6.07, 6.45) is 51.3. The van der Waals surface area contributed by atoms with Gasteiger partial charge in [0.15, 0.2) is 12.2 Å². The van der Waals surface area contributed by atoms with Crippen LogP contribution in [-0.4, -0.2) is 96.7 Å². The Kier molecular flexibility index (Phi) is 65.0. The van der Waals surface area contributed by atoms with Crippen LogP contribution >= 0.6 is 15.6 Å². The third-order valence-corrected chi connectivity index (χ3v) is 20.1. The summed E-state index contributed by atoms with van der Waals surface area (Å²) in [5.41, 5.74) is 0. The van der Waals surface area contributed by atoms with Crippen molar-refractivity contribution in [3.05, 3.63) is 0 Å². The molecule has 96 heavy (non-hydrogen) atoms. The van der Waals surface area contributed by atoms with Crippen LogP contribution in [0.2, 0.25) is 0 Å². The van der Waals surface area contributed by atoms with E-state index in [0.29, 0.717) is 25.7 Å². The fourth-order valence-electron chi connectivity index (χ4n) is 11.7. The highest BCUT2D eigenvalue weighted by Gasteiger charge is 2.30. The van der Waals surface area contributed by atoms with Crippen molar-refractivity contribution in [1.29, 1.82) is 0 Å². The standard InChI is InChI=1S/C77H150O17P2/c1-9-70(8)56-48-40-35-36-42-50-58-75(80)88-64-73(94-77(82)60-52-44-34-28-22-16-19-25-31-39-47-55-69(6)7)66-92-96(85,86)90-62-71(78)61-89-95(83,84)91-65-72(63-87-74(79)57-49-41-32-26-21-15-18-24-30-38-46-54-68(4)5)93-76(81)59-51-43-33-27-20-14-12-10-11-13-17-23-29-37-45-53-67(2)3/h67-73,78H,9-66H2,1-8H3,(H,83,84)(H,85,86)/t70?,71-,72-,73-/m1/s1. The number of ether oxygens (including phenoxy) is 4. The predicted octanol–water partition coefficient (Wildman–Crippen LogP) is 22.4. The summed E-state index contributed by atoms with van der Waals surface area (Å²) < 4.78 is 68.6. The van der Waals surface area contributed by atoms with E-state index < -0.39 is 97.5 Å². The second-order valence-corrected chi connectivity index (χ2v) is 32.3. The zero-order valence-electron chi connectivity index (χ0n) is 63.0. The van der Waals surface area contributed by atoms with Crippen LogP contribution in [0.4, 0.5) is 0 Å². The van der Waals surface area contributed by atoms with Crippen LogP contribution < -0.4 is 0 Å². The van der Waals surface area contributed by atoms with E-state index in [0.717, 1.165) is 120 Å². The first-order valence-corrected chi connectivity index (χ1v) is 42.7. The largest absolute Gasteiger partial charge is 0.472 e. The number of phosphoric ester groups is 2. The van der Waals surface area contributed by atoms with Gasteiger partial charge in [0.25, 0.3) is 0 Å². The van der Waals surface area contributed by atoms with Crippen molar-refractivity contribution in [2.75, 3.05) is 39.6 Å². The maximum Gasteiger partial charge on any atom is 0.472 e. The number of rotatable bonds is 74. The molecule has 0 aliphatic heterocycles. The molecular weight excluding hydrogens is 1260 g/mol. The van der Waals surface area contributed by atoms with Crippen LogP contribution in [0.5, 0.6) is 0 Å². The second kappa shape index (κ2) is 66.3. The van der Waals surface area contributed by atoms with Gasteiger partial charge in [-0.25, -0.2) is 9.13 Å². The molecule has 0 saturated heterocycles. The van der Waals surface area contributed by atoms with E-state index in [9.17, 15) is 43.2 Å². The van der Waals surface area contributed by atoms with E-state index in [1.807, 2.05) is 0 Å². The molecule has 17 nitrogen and oxygen atoms in total. The van der Waals surface area contributed by atoms with Gasteiger partial charge >= 0.3 is 39.5 Å². The molecule has 0 heterocycles. The first-order chi connectivity index (χ1) is 46.1. The molecule has 0 spiro atoms. The molecule has 0 radical (unpaired) electrons. The topological polar surface area (TPSA) is 237 Å². The van der Waals surface area contributed by atoms with E-state index in [2.05, 4.69) is 55.4 Å². The average molecular weight is 1410 g/mol. The lowest BCUT2D eigenvalue weighted by Gasteiger charge is -2.21. The Morgan fingerprint density at radius 2 is 0.500 bits per heavy atom. The summed E-state index contributed by atoms with van der Waals surface area (Å²) >= 11 is 0. The highest BCUT2D eigenvalue weighted by molar-refractivity contribution is 7.47. The lowest BCUT2D eigenvalue weighted by atomic mass is 10.00. The average Bonchev–Trinajstić information content (AvgIpc) is 1.70. The maximum absolute atomic E-state index is 13.1. The Hall–Kier alpha value is -1.94. The Labute approximate surface area is 588 Å². The summed E-state index contributed by atoms with van der Waals surface area (Å²) in [4.78, 5) is 72.9. The van der Waals surface area contributed by atoms with E-state index in [4.69, 9.17) is 37.0 Å². The summed E-state index contributed by atoms with van der Waals surface area (Å²) in [5.74, 6) is 0.950. The molecule has 0 rings (SSSR count). The Morgan fingerprint density at radius 1 is 0.292 bits per heavy atom. The molecule has 19 heteroatoms. The molecule has 0 aromatic heterocycles. The number of aliphatic hydroxyl groups excluding tert-OH is 1. The minimum Gasteiger partial charge on any atom is -0.462 e. The van der Waals surface area contributed by atoms with Crippen LogP contribution in [0.1, 0.15) is 389 Å². The van der Waals surface area contributed by atoms with Crippen molar-refractivity contribution in [1.82, 2.24) is 0 Å². The Balaban J connectivity index is 5.25. The second-order valence-electron chi connectivity index (χ2n) is 29.4. The maximum atomic E-state index is 13.1. The molecule has 570 valence electrons. The van der Waals surface area contributed by atoms with Crippen molar-refractivity contribution in [3.63, 3.8) is 0 Å². The Morgan fingerprint density at radius 3 is 0.740 bits per heavy atom. The van der Waals surface area contributed by atoms with Gasteiger partial charge in [0, 0.05) is 25.7 Å². The van der Waals surface area contributed by atoms with Crippen LogP contribution in [0.3, 0.4) is 0 Å². The smallest absolute Gasteiger partial charge is 0.462 e. The molecule has 0 aliphatic rings. The van der Waals surface area contributed by atoms with Gasteiger partial charge in [-0.2, -0.15) is 0 Å². The zero-order chi connectivity index (χ0) is 71.0. The molecule has 0 bridgehead atoms. The highest BCUT2D eigenvalue weighted by Crippen LogP contribution is 2.45. The number of unbranched alkanes of at least 4 members (excludes halogenated alkanes) is 39. The lowest BCUT2D eigenvalue weighted by Crippen LogP contribution is -2.30. The number of phosphoric acid groups is 2. The number of aliphatic hydroxyl groups is 1. The van der Waals surface area contributed by atoms with Crippen LogP contribution in [-0.2, 0) is 65.4 Å². The van der Waals surface area contributed by atoms with Crippen molar-refractivity contribution in [2.24, 2.45) is 23.7 Å². The molecule has 0 aromatic rings. The summed E-state index contributed by atoms with van der Waals surface area (Å²) in [7, 11) is -9.92. The fraction of sp³-hybridized carbons (Fsp3) is 0.948. The van der Waals surface area contributed by atoms with E-state index in [-0.39, 0.29) is 25.7 Å². The van der Waals surface area contributed by atoms with Gasteiger partial charge in [-0.15, -0.1) is 0 Å². The SMILES string of the molecule is CCC(C)CCCCCCCCC(=O)OC[C@H](COP(=O)(O)OC[C@H](O)COP(=O)(O)OC[C@@H](COC(=O)CCCCCCCCCCCCCC(C)C)OC(=O)CCCCCCCCCCCCCCCCCC(C)C)OC(=O)CCCCCCCCCCCCCC(C)C. The molecule has 6 atom stereocenters. The van der Waals surface area contributed by atoms with Gasteiger partial charge in [-0.05, 0) is 49.4 Å². The monoisotopic (exact) mass is 1410 g/mol. The summed E-state index contributed by atoms with van der Waals surface area (Å²) in [6, 6.07) is 0. The number of carbonyl (C=O) groups is 4. The van der Waals surface area contributed by atoms with E-state index >= 15 is 0 Å². The first-order valence-electron chi connectivity index (χ1n) is 39.7. The zero-order valence-corrected chi connectivity index (χ0v) is 64.8. The van der Waals surface area contributed by atoms with Crippen LogP contribution in [0, 0.1) is 23.7 Å². The minimum absolute atomic E-state index is 0.105. The number of esters is 4. The van der Waals surface area contributed by atoms with Gasteiger partial charge in [0.1, 0.15) is 19.3 Å². The molecule has 0 aromatic carbocycles. The van der Waals surface area contributed by atoms with Crippen LogP contribution in [0.15, 0.2) is 0 Å². The summed E-state index contributed by atoms with van der Waals surface area (Å²) in [5, 5.41) is 10.6. The fourth-order valence-corrected chi connectivity index (χ4v) is 13.3. The first kappa shape index (κ1) is 94.1. The molecule has 0 amide bonds. The number of hydrogen-bond acceptors (Lipinski definition) is 15. The van der Waals surface area contributed by atoms with Gasteiger partial charge in [0.2, 0.25) is 0 Å². The third-order valence-electron chi connectivity index (χ3n) is 18.2. The normalized spacial score (nSPS) is 14.4. The van der Waals surface area contributed by atoms with E-state index in [1.165, 1.54) is 186 Å². The van der Waals surface area contributed by atoms with Crippen molar-refractivity contribution in [3.8, 4) is 0 Å². The minimum atomic E-state index is -4.96. The van der Waals surface area contributed by atoms with Crippen molar-refractivity contribution >= 4 is 39.5 Å². The van der Waals surface area contributed by atoms with Crippen molar-refractivity contribution < 1.29 is 80.2 Å². The molecule has 0 saturated carbocycles. The lowest BCUT2D eigenvalue weighted by molar-refractivity contribution is -0.161. The van der Waals surface area contributed by atoms with E-state index in [1.54, 1.807) is 0 Å². The molecule has 0 aliphatic carbocycles. The molecular formula is C77H150O17P2. The summed E-state index contributed by atoms with van der Waals surface area (Å²) in [6.45, 7) is 14.2. The predicted molar refractivity (Wildman–Crippen MR) is 391 cm³/mol.